The van der Waals surface area contributed by atoms with Crippen molar-refractivity contribution in [3.63, 3.8) is 0 Å². The van der Waals surface area contributed by atoms with Crippen LogP contribution in [0.25, 0.3) is 0 Å². The number of nitrogens with one attached hydrogen (secondary N) is 3. The zero-order valence-corrected chi connectivity index (χ0v) is 16.7. The highest BCUT2D eigenvalue weighted by Crippen LogP contribution is 2.32. The van der Waals surface area contributed by atoms with E-state index in [9.17, 15) is 19.2 Å². The molecule has 0 bridgehead atoms. The van der Waals surface area contributed by atoms with Gasteiger partial charge < -0.3 is 15.4 Å². The lowest BCUT2D eigenvalue weighted by atomic mass is 10.0. The Bertz CT molecular complexity index is 865. The molecule has 160 valence electrons. The van der Waals surface area contributed by atoms with Crippen molar-refractivity contribution in [2.24, 2.45) is 0 Å². The number of rotatable bonds is 7. The first-order valence-electron chi connectivity index (χ1n) is 10.5. The van der Waals surface area contributed by atoms with E-state index in [0.29, 0.717) is 24.9 Å². The number of benzene rings is 1. The summed E-state index contributed by atoms with van der Waals surface area (Å²) in [5, 5.41) is 8.74. The summed E-state index contributed by atoms with van der Waals surface area (Å²) in [6.45, 7) is 3.20. The van der Waals surface area contributed by atoms with Gasteiger partial charge in [-0.2, -0.15) is 0 Å². The number of fused-ring (bicyclic) bond motifs is 1. The number of piperidine rings is 2. The summed E-state index contributed by atoms with van der Waals surface area (Å²) in [6.07, 6.45) is 3.36. The molecule has 2 fully saturated rings. The number of amides is 4. The Balaban J connectivity index is 1.38. The maximum absolute atomic E-state index is 13.0. The lowest BCUT2D eigenvalue weighted by Gasteiger charge is -2.27. The van der Waals surface area contributed by atoms with Crippen LogP contribution in [0.15, 0.2) is 18.2 Å². The smallest absolute Gasteiger partial charge is 0.264 e. The second-order valence-corrected chi connectivity index (χ2v) is 7.78. The molecule has 3 aliphatic rings. The van der Waals surface area contributed by atoms with Crippen molar-refractivity contribution in [3.8, 4) is 0 Å². The summed E-state index contributed by atoms with van der Waals surface area (Å²) in [6, 6.07) is 4.10. The van der Waals surface area contributed by atoms with Crippen molar-refractivity contribution >= 4 is 29.3 Å². The molecule has 1 aromatic rings. The summed E-state index contributed by atoms with van der Waals surface area (Å²) >= 11 is 0. The molecule has 3 N–H and O–H groups in total. The molecule has 3 aliphatic heterocycles. The van der Waals surface area contributed by atoms with Crippen molar-refractivity contribution in [2.75, 3.05) is 31.6 Å². The van der Waals surface area contributed by atoms with Crippen LogP contribution < -0.4 is 16.0 Å². The Morgan fingerprint density at radius 3 is 2.63 bits per heavy atom. The van der Waals surface area contributed by atoms with Gasteiger partial charge in [-0.15, -0.1) is 0 Å². The Morgan fingerprint density at radius 1 is 1.07 bits per heavy atom. The number of carbonyl (C=O) groups is 4. The van der Waals surface area contributed by atoms with Crippen LogP contribution in [0.1, 0.15) is 52.8 Å². The van der Waals surface area contributed by atoms with Crippen molar-refractivity contribution in [1.82, 2.24) is 15.5 Å². The quantitative estimate of drug-likeness (QED) is 0.443. The number of ether oxygens (including phenoxy) is 1. The zero-order chi connectivity index (χ0) is 21.1. The molecular weight excluding hydrogens is 388 g/mol. The molecule has 30 heavy (non-hydrogen) atoms. The second-order valence-electron chi connectivity index (χ2n) is 7.78. The van der Waals surface area contributed by atoms with Gasteiger partial charge in [0.15, 0.2) is 0 Å². The molecule has 0 radical (unpaired) electrons. The largest absolute Gasteiger partial charge is 0.384 e. The fourth-order valence-electron chi connectivity index (χ4n) is 4.17. The molecule has 9 heteroatoms. The van der Waals surface area contributed by atoms with Crippen LogP contribution in [0.5, 0.6) is 0 Å². The summed E-state index contributed by atoms with van der Waals surface area (Å²) < 4.78 is 5.89. The minimum atomic E-state index is -0.957. The van der Waals surface area contributed by atoms with Crippen molar-refractivity contribution < 1.29 is 23.9 Å². The average Bonchev–Trinajstić information content (AvgIpc) is 3.00. The molecule has 1 unspecified atom stereocenters. The van der Waals surface area contributed by atoms with Gasteiger partial charge in [-0.1, -0.05) is 6.07 Å². The SMILES string of the molecule is O=C1CCC(N2C(=O)c3cccc(NCCCOC4CCNCC4)c3C2=O)C(=O)N1. The van der Waals surface area contributed by atoms with Crippen molar-refractivity contribution in [3.05, 3.63) is 29.3 Å². The van der Waals surface area contributed by atoms with Gasteiger partial charge in [0.2, 0.25) is 11.8 Å². The standard InChI is InChI=1S/C21H26N4O5/c26-17-6-5-16(19(27)24-17)25-20(28)14-3-1-4-15(18(14)21(25)29)23-9-2-12-30-13-7-10-22-11-8-13/h1,3-4,13,16,22-23H,2,5-12H2,(H,24,26,27). The fourth-order valence-corrected chi connectivity index (χ4v) is 4.17. The first-order chi connectivity index (χ1) is 14.6. The molecule has 9 nitrogen and oxygen atoms in total. The van der Waals surface area contributed by atoms with Gasteiger partial charge in [0.05, 0.1) is 17.2 Å². The van der Waals surface area contributed by atoms with Crippen LogP contribution in [0.4, 0.5) is 5.69 Å². The number of hydrogen-bond donors (Lipinski definition) is 3. The molecule has 1 atom stereocenters. The van der Waals surface area contributed by atoms with Gasteiger partial charge in [0.25, 0.3) is 11.8 Å². The zero-order valence-electron chi connectivity index (χ0n) is 16.7. The lowest BCUT2D eigenvalue weighted by Crippen LogP contribution is -2.54. The number of hydrogen-bond acceptors (Lipinski definition) is 7. The van der Waals surface area contributed by atoms with Gasteiger partial charge >= 0.3 is 0 Å². The number of imide groups is 2. The van der Waals surface area contributed by atoms with E-state index in [4.69, 9.17) is 4.74 Å². The summed E-state index contributed by atoms with van der Waals surface area (Å²) in [7, 11) is 0. The predicted octanol–water partition coefficient (Wildman–Crippen LogP) is 0.658. The first-order valence-corrected chi connectivity index (χ1v) is 10.5. The number of anilines is 1. The molecule has 4 rings (SSSR count). The van der Waals surface area contributed by atoms with Crippen molar-refractivity contribution in [2.45, 2.75) is 44.2 Å². The van der Waals surface area contributed by atoms with E-state index < -0.39 is 23.8 Å². The third-order valence-corrected chi connectivity index (χ3v) is 5.74. The summed E-state index contributed by atoms with van der Waals surface area (Å²) in [5.74, 6) is -1.99. The molecule has 2 saturated heterocycles. The van der Waals surface area contributed by atoms with Gasteiger partial charge in [-0.25, -0.2) is 0 Å². The minimum Gasteiger partial charge on any atom is -0.384 e. The average molecular weight is 414 g/mol. The van der Waals surface area contributed by atoms with Gasteiger partial charge in [-0.05, 0) is 50.9 Å². The van der Waals surface area contributed by atoms with Crippen LogP contribution in [0, 0.1) is 0 Å². The van der Waals surface area contributed by atoms with Crippen LogP contribution >= 0.6 is 0 Å². The molecule has 0 spiro atoms. The van der Waals surface area contributed by atoms with Gasteiger partial charge in [0, 0.05) is 25.3 Å². The molecule has 4 amide bonds. The lowest BCUT2D eigenvalue weighted by molar-refractivity contribution is -0.136. The Hall–Kier alpha value is -2.78. The maximum Gasteiger partial charge on any atom is 0.264 e. The van der Waals surface area contributed by atoms with Gasteiger partial charge in [-0.3, -0.25) is 29.4 Å². The maximum atomic E-state index is 13.0. The van der Waals surface area contributed by atoms with Crippen LogP contribution in [-0.4, -0.2) is 66.9 Å². The van der Waals surface area contributed by atoms with E-state index in [1.807, 2.05) is 0 Å². The normalized spacial score (nSPS) is 22.3. The third kappa shape index (κ3) is 4.08. The van der Waals surface area contributed by atoms with Gasteiger partial charge in [0.1, 0.15) is 6.04 Å². The number of carbonyl (C=O) groups excluding carboxylic acids is 4. The summed E-state index contributed by atoms with van der Waals surface area (Å²) in [4.78, 5) is 50.4. The highest BCUT2D eigenvalue weighted by Gasteiger charge is 2.45. The fraction of sp³-hybridized carbons (Fsp3) is 0.524. The Labute approximate surface area is 174 Å². The van der Waals surface area contributed by atoms with E-state index in [0.717, 1.165) is 37.3 Å². The van der Waals surface area contributed by atoms with E-state index in [2.05, 4.69) is 16.0 Å². The third-order valence-electron chi connectivity index (χ3n) is 5.74. The van der Waals surface area contributed by atoms with Crippen molar-refractivity contribution in [1.29, 1.82) is 0 Å². The van der Waals surface area contributed by atoms with E-state index in [-0.39, 0.29) is 29.9 Å². The molecular formula is C21H26N4O5. The van der Waals surface area contributed by atoms with E-state index >= 15 is 0 Å². The Morgan fingerprint density at radius 2 is 1.87 bits per heavy atom. The molecule has 0 aromatic heterocycles. The topological polar surface area (TPSA) is 117 Å². The summed E-state index contributed by atoms with van der Waals surface area (Å²) in [5.41, 5.74) is 1.13. The first kappa shape index (κ1) is 20.5. The van der Waals surface area contributed by atoms with Crippen LogP contribution in [0.3, 0.4) is 0 Å². The monoisotopic (exact) mass is 414 g/mol. The van der Waals surface area contributed by atoms with E-state index in [1.54, 1.807) is 18.2 Å². The van der Waals surface area contributed by atoms with Crippen LogP contribution in [-0.2, 0) is 14.3 Å². The highest BCUT2D eigenvalue weighted by atomic mass is 16.5. The predicted molar refractivity (Wildman–Crippen MR) is 108 cm³/mol. The highest BCUT2D eigenvalue weighted by molar-refractivity contribution is 6.25. The van der Waals surface area contributed by atoms with Crippen LogP contribution in [0.2, 0.25) is 0 Å². The molecule has 0 aliphatic carbocycles. The molecule has 1 aromatic carbocycles. The Kier molecular flexibility index (Phi) is 6.10. The molecule has 3 heterocycles. The molecule has 0 saturated carbocycles. The minimum absolute atomic E-state index is 0.103. The number of nitrogens with zero attached hydrogens (tertiary/aromatic N) is 1. The van der Waals surface area contributed by atoms with E-state index in [1.165, 1.54) is 0 Å². The second kappa shape index (κ2) is 8.93.